The first-order valence-corrected chi connectivity index (χ1v) is 7.90. The van der Waals surface area contributed by atoms with Crippen LogP contribution in [0.5, 0.6) is 0 Å². The molecule has 0 bridgehead atoms. The molecule has 0 aliphatic carbocycles. The fraction of sp³-hybridized carbons (Fsp3) is 0.222. The molecule has 0 unspecified atom stereocenters. The largest absolute Gasteiger partial charge is 0.465 e. The summed E-state index contributed by atoms with van der Waals surface area (Å²) in [4.78, 5) is 24.5. The van der Waals surface area contributed by atoms with E-state index in [-0.39, 0.29) is 5.91 Å². The van der Waals surface area contributed by atoms with E-state index in [1.165, 1.54) is 7.11 Å². The first-order chi connectivity index (χ1) is 10.8. The number of hydrogen-bond acceptors (Lipinski definition) is 3. The summed E-state index contributed by atoms with van der Waals surface area (Å²) >= 11 is 3.32. The van der Waals surface area contributed by atoms with Crippen LogP contribution in [0.15, 0.2) is 34.8 Å². The molecule has 0 fully saturated rings. The molecule has 2 rings (SSSR count). The van der Waals surface area contributed by atoms with E-state index in [2.05, 4.69) is 21.2 Å². The summed E-state index contributed by atoms with van der Waals surface area (Å²) in [7, 11) is 1.31. The van der Waals surface area contributed by atoms with E-state index in [0.717, 1.165) is 21.2 Å². The molecular weight excluding hydrogens is 358 g/mol. The van der Waals surface area contributed by atoms with Crippen LogP contribution in [-0.2, 0) is 4.74 Å². The number of aryl methyl sites for hydroxylation is 3. The second kappa shape index (κ2) is 6.96. The van der Waals surface area contributed by atoms with Crippen molar-refractivity contribution in [3.63, 3.8) is 0 Å². The topological polar surface area (TPSA) is 55.4 Å². The van der Waals surface area contributed by atoms with E-state index in [1.54, 1.807) is 18.2 Å². The number of carbonyl (C=O) groups is 2. The summed E-state index contributed by atoms with van der Waals surface area (Å²) < 4.78 is 5.51. The second-order valence-electron chi connectivity index (χ2n) is 5.41. The van der Waals surface area contributed by atoms with Crippen LogP contribution in [0.25, 0.3) is 0 Å². The number of benzene rings is 2. The highest BCUT2D eigenvalue weighted by Gasteiger charge is 2.18. The minimum atomic E-state index is -0.501. The number of halogens is 1. The zero-order valence-corrected chi connectivity index (χ0v) is 15.1. The SMILES string of the molecule is COC(=O)c1cc(Br)ccc1NC(=O)c1c(C)cc(C)cc1C. The van der Waals surface area contributed by atoms with E-state index in [9.17, 15) is 9.59 Å². The van der Waals surface area contributed by atoms with Gasteiger partial charge in [0, 0.05) is 10.0 Å². The number of hydrogen-bond donors (Lipinski definition) is 1. The summed E-state index contributed by atoms with van der Waals surface area (Å²) in [6, 6.07) is 8.98. The monoisotopic (exact) mass is 375 g/mol. The van der Waals surface area contributed by atoms with Crippen LogP contribution in [0, 0.1) is 20.8 Å². The summed E-state index contributed by atoms with van der Waals surface area (Å²) in [6.07, 6.45) is 0. The molecule has 0 saturated carbocycles. The number of ether oxygens (including phenoxy) is 1. The lowest BCUT2D eigenvalue weighted by Gasteiger charge is -2.14. The van der Waals surface area contributed by atoms with Crippen molar-refractivity contribution in [1.29, 1.82) is 0 Å². The predicted molar refractivity (Wildman–Crippen MR) is 94.1 cm³/mol. The highest BCUT2D eigenvalue weighted by molar-refractivity contribution is 9.10. The fourth-order valence-corrected chi connectivity index (χ4v) is 2.99. The Hall–Kier alpha value is -2.14. The van der Waals surface area contributed by atoms with Gasteiger partial charge in [-0.05, 0) is 50.1 Å². The molecule has 0 aliphatic heterocycles. The first kappa shape index (κ1) is 17.2. The maximum atomic E-state index is 12.6. The Labute approximate surface area is 144 Å². The van der Waals surface area contributed by atoms with Gasteiger partial charge in [-0.25, -0.2) is 4.79 Å². The van der Waals surface area contributed by atoms with Crippen molar-refractivity contribution in [3.05, 3.63) is 62.6 Å². The Balaban J connectivity index is 2.40. The van der Waals surface area contributed by atoms with Gasteiger partial charge in [0.1, 0.15) is 0 Å². The molecule has 4 nitrogen and oxygen atoms in total. The third-order valence-corrected chi connectivity index (χ3v) is 4.03. The van der Waals surface area contributed by atoms with Crippen molar-refractivity contribution < 1.29 is 14.3 Å². The smallest absolute Gasteiger partial charge is 0.340 e. The molecule has 0 heterocycles. The lowest BCUT2D eigenvalue weighted by atomic mass is 9.99. The third kappa shape index (κ3) is 3.79. The lowest BCUT2D eigenvalue weighted by molar-refractivity contribution is 0.0602. The van der Waals surface area contributed by atoms with Crippen molar-refractivity contribution in [2.75, 3.05) is 12.4 Å². The average Bonchev–Trinajstić information content (AvgIpc) is 2.47. The molecule has 0 radical (unpaired) electrons. The Morgan fingerprint density at radius 1 is 1.04 bits per heavy atom. The minimum Gasteiger partial charge on any atom is -0.465 e. The highest BCUT2D eigenvalue weighted by Crippen LogP contribution is 2.24. The first-order valence-electron chi connectivity index (χ1n) is 7.10. The molecule has 0 spiro atoms. The van der Waals surface area contributed by atoms with Crippen LogP contribution in [-0.4, -0.2) is 19.0 Å². The zero-order valence-electron chi connectivity index (χ0n) is 13.5. The maximum Gasteiger partial charge on any atom is 0.340 e. The molecule has 0 atom stereocenters. The van der Waals surface area contributed by atoms with E-state index >= 15 is 0 Å². The van der Waals surface area contributed by atoms with Crippen molar-refractivity contribution in [2.24, 2.45) is 0 Å². The Kier molecular flexibility index (Phi) is 5.21. The summed E-state index contributed by atoms with van der Waals surface area (Å²) in [6.45, 7) is 5.79. The molecule has 2 aromatic rings. The van der Waals surface area contributed by atoms with Crippen LogP contribution >= 0.6 is 15.9 Å². The zero-order chi connectivity index (χ0) is 17.1. The van der Waals surface area contributed by atoms with Crippen LogP contribution in [0.1, 0.15) is 37.4 Å². The number of carbonyl (C=O) groups excluding carboxylic acids is 2. The van der Waals surface area contributed by atoms with Gasteiger partial charge < -0.3 is 10.1 Å². The molecule has 120 valence electrons. The Morgan fingerprint density at radius 3 is 2.22 bits per heavy atom. The molecule has 23 heavy (non-hydrogen) atoms. The van der Waals surface area contributed by atoms with Gasteiger partial charge in [0.2, 0.25) is 0 Å². The van der Waals surface area contributed by atoms with Gasteiger partial charge in [-0.15, -0.1) is 0 Å². The molecule has 1 N–H and O–H groups in total. The molecule has 5 heteroatoms. The Morgan fingerprint density at radius 2 is 1.65 bits per heavy atom. The van der Waals surface area contributed by atoms with Gasteiger partial charge in [-0.3, -0.25) is 4.79 Å². The van der Waals surface area contributed by atoms with E-state index in [1.807, 2.05) is 32.9 Å². The van der Waals surface area contributed by atoms with E-state index in [0.29, 0.717) is 16.8 Å². The van der Waals surface area contributed by atoms with E-state index in [4.69, 9.17) is 4.74 Å². The van der Waals surface area contributed by atoms with Crippen molar-refractivity contribution in [3.8, 4) is 0 Å². The summed E-state index contributed by atoms with van der Waals surface area (Å²) in [5, 5.41) is 2.81. The molecule has 2 aromatic carbocycles. The predicted octanol–water partition coefficient (Wildman–Crippen LogP) is 4.41. The number of anilines is 1. The quantitative estimate of drug-likeness (QED) is 0.808. The van der Waals surface area contributed by atoms with Gasteiger partial charge in [0.15, 0.2) is 0 Å². The lowest BCUT2D eigenvalue weighted by Crippen LogP contribution is -2.17. The number of esters is 1. The third-order valence-electron chi connectivity index (χ3n) is 3.54. The van der Waals surface area contributed by atoms with Gasteiger partial charge >= 0.3 is 5.97 Å². The van der Waals surface area contributed by atoms with Crippen molar-refractivity contribution in [1.82, 2.24) is 0 Å². The molecule has 1 amide bonds. The average molecular weight is 376 g/mol. The fourth-order valence-electron chi connectivity index (χ4n) is 2.63. The molecular formula is C18H18BrNO3. The number of nitrogens with one attached hydrogen (secondary N) is 1. The number of methoxy groups -OCH3 is 1. The Bertz CT molecular complexity index is 761. The standard InChI is InChI=1S/C18H18BrNO3/c1-10-7-11(2)16(12(3)8-10)17(21)20-15-6-5-13(19)9-14(15)18(22)23-4/h5-9H,1-4H3,(H,20,21). The van der Waals surface area contributed by atoms with E-state index < -0.39 is 5.97 Å². The summed E-state index contributed by atoms with van der Waals surface area (Å²) in [5.74, 6) is -0.744. The van der Waals surface area contributed by atoms with Crippen molar-refractivity contribution >= 4 is 33.5 Å². The maximum absolute atomic E-state index is 12.6. The van der Waals surface area contributed by atoms with Gasteiger partial charge in [0.05, 0.1) is 18.4 Å². The summed E-state index contributed by atoms with van der Waals surface area (Å²) in [5.41, 5.74) is 4.25. The molecule has 0 saturated heterocycles. The van der Waals surface area contributed by atoms with Crippen LogP contribution in [0.4, 0.5) is 5.69 Å². The van der Waals surface area contributed by atoms with Crippen LogP contribution in [0.3, 0.4) is 0 Å². The normalized spacial score (nSPS) is 10.3. The van der Waals surface area contributed by atoms with Gasteiger partial charge in [-0.1, -0.05) is 33.6 Å². The van der Waals surface area contributed by atoms with Crippen LogP contribution < -0.4 is 5.32 Å². The van der Waals surface area contributed by atoms with Gasteiger partial charge in [0.25, 0.3) is 5.91 Å². The number of amides is 1. The van der Waals surface area contributed by atoms with Gasteiger partial charge in [-0.2, -0.15) is 0 Å². The second-order valence-corrected chi connectivity index (χ2v) is 6.33. The highest BCUT2D eigenvalue weighted by atomic mass is 79.9. The minimum absolute atomic E-state index is 0.243. The van der Waals surface area contributed by atoms with Crippen LogP contribution in [0.2, 0.25) is 0 Å². The molecule has 0 aromatic heterocycles. The molecule has 0 aliphatic rings. The number of rotatable bonds is 3. The van der Waals surface area contributed by atoms with Crippen molar-refractivity contribution in [2.45, 2.75) is 20.8 Å².